The summed E-state index contributed by atoms with van der Waals surface area (Å²) >= 11 is 0. The Bertz CT molecular complexity index is 414. The molecular formula is C22H37BaCdO6+. The minimum Gasteiger partial charge on any atom is -0.550 e. The third-order valence-electron chi connectivity index (χ3n) is 4.34. The minimum absolute atomic E-state index is 0. The average Bonchev–Trinajstić information content (AvgIpc) is 2.63. The molecule has 8 heteroatoms. The zero-order chi connectivity index (χ0) is 21.5. The second-order valence-corrected chi connectivity index (χ2v) is 7.04. The van der Waals surface area contributed by atoms with Crippen molar-refractivity contribution < 1.29 is 57.0 Å². The smallest absolute Gasteiger partial charge is 0.550 e. The molecule has 0 aromatic heterocycles. The molecule has 6 nitrogen and oxygen atoms in total. The maximum atomic E-state index is 10.2. The van der Waals surface area contributed by atoms with Crippen LogP contribution in [0.3, 0.4) is 0 Å². The molecule has 0 spiro atoms. The van der Waals surface area contributed by atoms with Gasteiger partial charge in [0.25, 0.3) is 0 Å². The molecule has 0 saturated carbocycles. The number of carbonyl (C=O) groups is 3. The largest absolute Gasteiger partial charge is 2.00 e. The van der Waals surface area contributed by atoms with Gasteiger partial charge >= 0.3 is 76.2 Å². The van der Waals surface area contributed by atoms with E-state index in [1.807, 2.05) is 0 Å². The summed E-state index contributed by atoms with van der Waals surface area (Å²) in [6.45, 7) is 2.27. The second kappa shape index (κ2) is 31.8. The predicted octanol–water partition coefficient (Wildman–Crippen LogP) is 1.66. The molecule has 0 heterocycles. The van der Waals surface area contributed by atoms with Crippen LogP contribution in [0, 0.1) is 0 Å². The number of unbranched alkanes of at least 4 members (excludes halogenated alkanes) is 14. The number of rotatable bonds is 18. The number of hydrogen-bond donors (Lipinski definition) is 0. The summed E-state index contributed by atoms with van der Waals surface area (Å²) in [6.07, 6.45) is 20.6. The summed E-state index contributed by atoms with van der Waals surface area (Å²) in [5.41, 5.74) is 0. The molecule has 0 saturated heterocycles. The molecule has 0 aliphatic rings. The van der Waals surface area contributed by atoms with E-state index in [0.29, 0.717) is 12.2 Å². The SMILES string of the molecule is CCCCCCCCCCCCCCCCCC(=O)[O-].O=C([O-])/C=C\C(=O)[O-].[Ba+2].[Cd+2]. The Morgan fingerprint density at radius 1 is 0.567 bits per heavy atom. The third kappa shape index (κ3) is 42.7. The maximum Gasteiger partial charge on any atom is 2.00 e. The van der Waals surface area contributed by atoms with E-state index < -0.39 is 17.9 Å². The Labute approximate surface area is 242 Å². The Balaban J connectivity index is -0.000000288. The molecule has 0 N–H and O–H groups in total. The first-order chi connectivity index (χ1) is 13.4. The topological polar surface area (TPSA) is 120 Å². The van der Waals surface area contributed by atoms with Crippen LogP contribution in [-0.4, -0.2) is 66.8 Å². The first-order valence-corrected chi connectivity index (χ1v) is 10.7. The van der Waals surface area contributed by atoms with Crippen LogP contribution in [0.4, 0.5) is 0 Å². The summed E-state index contributed by atoms with van der Waals surface area (Å²) < 4.78 is 0. The van der Waals surface area contributed by atoms with E-state index in [-0.39, 0.29) is 82.6 Å². The van der Waals surface area contributed by atoms with E-state index in [9.17, 15) is 29.7 Å². The summed E-state index contributed by atoms with van der Waals surface area (Å²) in [6, 6.07) is 0. The normalized spacial score (nSPS) is 9.77. The standard InChI is InChI=1S/C18H36O2.C4H4O4.Ba.Cd/c1-2-3-4-5-6-7-8-9-10-11-12-13-14-15-16-17-18(19)20;5-3(6)1-2-4(7)8;;/h2-17H2,1H3,(H,19,20);1-2H,(H,5,6)(H,7,8);;/q;;2*+2/p-3/b;2-1-;;. The molecule has 0 rings (SSSR count). The van der Waals surface area contributed by atoms with Crippen LogP contribution >= 0.6 is 0 Å². The Hall–Kier alpha value is 0.644. The number of hydrogen-bond acceptors (Lipinski definition) is 6. The van der Waals surface area contributed by atoms with E-state index >= 15 is 0 Å². The van der Waals surface area contributed by atoms with Crippen molar-refractivity contribution >= 4 is 66.8 Å². The van der Waals surface area contributed by atoms with Crippen LogP contribution in [0.1, 0.15) is 110 Å². The average molecular weight is 647 g/mol. The van der Waals surface area contributed by atoms with Crippen LogP contribution in [0.25, 0.3) is 0 Å². The fourth-order valence-electron chi connectivity index (χ4n) is 2.78. The molecule has 0 radical (unpaired) electrons. The first kappa shape index (κ1) is 37.9. The van der Waals surface area contributed by atoms with Crippen LogP contribution < -0.4 is 15.3 Å². The number of carboxylic acids is 3. The van der Waals surface area contributed by atoms with Gasteiger partial charge in [0, 0.05) is 5.97 Å². The molecule has 0 bridgehead atoms. The van der Waals surface area contributed by atoms with E-state index in [4.69, 9.17) is 0 Å². The minimum atomic E-state index is -1.55. The Kier molecular flexibility index (Phi) is 40.2. The van der Waals surface area contributed by atoms with Crippen LogP contribution in [0.15, 0.2) is 12.2 Å². The Morgan fingerprint density at radius 2 is 0.833 bits per heavy atom. The molecular weight excluding hydrogens is 610 g/mol. The summed E-state index contributed by atoms with van der Waals surface area (Å²) in [5, 5.41) is 29.1. The molecule has 164 valence electrons. The van der Waals surface area contributed by atoms with Crippen molar-refractivity contribution in [2.75, 3.05) is 0 Å². The van der Waals surface area contributed by atoms with Gasteiger partial charge in [0.15, 0.2) is 0 Å². The fourth-order valence-corrected chi connectivity index (χ4v) is 2.78. The Morgan fingerprint density at radius 3 is 1.07 bits per heavy atom. The zero-order valence-corrected chi connectivity index (χ0v) is 27.3. The van der Waals surface area contributed by atoms with Crippen LogP contribution in [0.5, 0.6) is 0 Å². The maximum absolute atomic E-state index is 10.2. The molecule has 0 aliphatic carbocycles. The second-order valence-electron chi connectivity index (χ2n) is 7.04. The molecule has 0 aromatic carbocycles. The van der Waals surface area contributed by atoms with E-state index in [2.05, 4.69) is 6.92 Å². The fraction of sp³-hybridized carbons (Fsp3) is 0.773. The van der Waals surface area contributed by atoms with Gasteiger partial charge in [-0.1, -0.05) is 96.8 Å². The van der Waals surface area contributed by atoms with Crippen molar-refractivity contribution in [2.24, 2.45) is 0 Å². The van der Waals surface area contributed by atoms with E-state index in [1.165, 1.54) is 83.5 Å². The van der Waals surface area contributed by atoms with E-state index in [1.54, 1.807) is 0 Å². The van der Waals surface area contributed by atoms with Crippen molar-refractivity contribution in [1.82, 2.24) is 0 Å². The summed E-state index contributed by atoms with van der Waals surface area (Å²) in [7, 11) is 0. The zero-order valence-electron chi connectivity index (χ0n) is 18.8. The van der Waals surface area contributed by atoms with Gasteiger partial charge in [0.05, 0.1) is 11.9 Å². The van der Waals surface area contributed by atoms with Gasteiger partial charge in [-0.25, -0.2) is 0 Å². The summed E-state index contributed by atoms with van der Waals surface area (Å²) in [5.74, 6) is -4.00. The molecule has 0 aromatic rings. The van der Waals surface area contributed by atoms with Gasteiger partial charge in [-0.15, -0.1) is 0 Å². The molecule has 0 fully saturated rings. The molecule has 0 aliphatic heterocycles. The third-order valence-corrected chi connectivity index (χ3v) is 4.34. The van der Waals surface area contributed by atoms with Gasteiger partial charge in [-0.2, -0.15) is 0 Å². The van der Waals surface area contributed by atoms with Crippen molar-refractivity contribution in [3.63, 3.8) is 0 Å². The van der Waals surface area contributed by atoms with Gasteiger partial charge in [-0.05, 0) is 25.0 Å². The number of carbonyl (C=O) groups excluding carboxylic acids is 3. The van der Waals surface area contributed by atoms with Crippen molar-refractivity contribution in [2.45, 2.75) is 110 Å². The van der Waals surface area contributed by atoms with E-state index in [0.717, 1.165) is 12.8 Å². The molecule has 0 atom stereocenters. The molecule has 30 heavy (non-hydrogen) atoms. The number of aliphatic carboxylic acids is 3. The summed E-state index contributed by atoms with van der Waals surface area (Å²) in [4.78, 5) is 29.1. The van der Waals surface area contributed by atoms with Gasteiger partial charge in [0.1, 0.15) is 0 Å². The predicted molar refractivity (Wildman–Crippen MR) is 109 cm³/mol. The quantitative estimate of drug-likeness (QED) is 0.127. The van der Waals surface area contributed by atoms with Crippen molar-refractivity contribution in [3.8, 4) is 0 Å². The molecule has 0 amide bonds. The van der Waals surface area contributed by atoms with Crippen molar-refractivity contribution in [3.05, 3.63) is 12.2 Å². The van der Waals surface area contributed by atoms with Gasteiger partial charge in [-0.3, -0.25) is 0 Å². The first-order valence-electron chi connectivity index (χ1n) is 10.7. The van der Waals surface area contributed by atoms with Gasteiger partial charge in [0.2, 0.25) is 0 Å². The number of carboxylic acid groups (broad SMARTS) is 3. The molecule has 0 unspecified atom stereocenters. The van der Waals surface area contributed by atoms with Gasteiger partial charge < -0.3 is 29.7 Å². The van der Waals surface area contributed by atoms with Crippen molar-refractivity contribution in [1.29, 1.82) is 0 Å². The van der Waals surface area contributed by atoms with Crippen LogP contribution in [0.2, 0.25) is 0 Å². The van der Waals surface area contributed by atoms with Crippen LogP contribution in [-0.2, 0) is 41.7 Å². The monoisotopic (exact) mass is 649 g/mol.